The molecule has 0 saturated carbocycles. The standard InChI is InChI=1S/C10H16N2O5S2/c1-10(15,6-18-2)5-12-19(16,17)7-3-8(9(13)14)11-4-7/h3-4,11-12,15H,5-6H2,1-2H3,(H,13,14). The van der Waals surface area contributed by atoms with Gasteiger partial charge in [0.25, 0.3) is 0 Å². The molecule has 0 amide bonds. The van der Waals surface area contributed by atoms with Crippen molar-refractivity contribution in [2.24, 2.45) is 0 Å². The number of thioether (sulfide) groups is 1. The van der Waals surface area contributed by atoms with Gasteiger partial charge in [-0.15, -0.1) is 0 Å². The normalized spacial score (nSPS) is 15.1. The monoisotopic (exact) mass is 308 g/mol. The third kappa shape index (κ3) is 4.53. The van der Waals surface area contributed by atoms with Gasteiger partial charge < -0.3 is 15.2 Å². The number of aromatic carboxylic acids is 1. The Morgan fingerprint density at radius 3 is 2.68 bits per heavy atom. The number of carboxylic acids is 1. The molecule has 1 rings (SSSR count). The number of rotatable bonds is 7. The molecule has 0 aromatic carbocycles. The molecule has 0 aliphatic heterocycles. The van der Waals surface area contributed by atoms with Crippen molar-refractivity contribution in [1.82, 2.24) is 9.71 Å². The number of aromatic amines is 1. The van der Waals surface area contributed by atoms with Crippen molar-refractivity contribution >= 4 is 27.8 Å². The third-order valence-corrected chi connectivity index (χ3v) is 4.59. The van der Waals surface area contributed by atoms with Crippen molar-refractivity contribution in [3.05, 3.63) is 18.0 Å². The fourth-order valence-electron chi connectivity index (χ4n) is 1.35. The molecule has 4 N–H and O–H groups in total. The summed E-state index contributed by atoms with van der Waals surface area (Å²) in [5.41, 5.74) is -1.38. The smallest absolute Gasteiger partial charge is 0.352 e. The summed E-state index contributed by atoms with van der Waals surface area (Å²) in [6.07, 6.45) is 2.89. The molecule has 1 atom stereocenters. The summed E-state index contributed by atoms with van der Waals surface area (Å²) in [5, 5.41) is 18.6. The van der Waals surface area contributed by atoms with E-state index in [1.54, 1.807) is 6.26 Å². The fraction of sp³-hybridized carbons (Fsp3) is 0.500. The third-order valence-electron chi connectivity index (χ3n) is 2.30. The first-order chi connectivity index (χ1) is 8.68. The van der Waals surface area contributed by atoms with Crippen LogP contribution in [0.15, 0.2) is 17.2 Å². The van der Waals surface area contributed by atoms with E-state index in [0.717, 1.165) is 12.3 Å². The average molecular weight is 308 g/mol. The summed E-state index contributed by atoms with van der Waals surface area (Å²) in [7, 11) is -3.84. The Balaban J connectivity index is 2.78. The molecule has 1 unspecified atom stereocenters. The van der Waals surface area contributed by atoms with Crippen LogP contribution < -0.4 is 4.72 Å². The van der Waals surface area contributed by atoms with E-state index in [1.165, 1.54) is 18.7 Å². The molecule has 108 valence electrons. The van der Waals surface area contributed by atoms with Gasteiger partial charge in [-0.05, 0) is 19.2 Å². The van der Waals surface area contributed by atoms with Crippen LogP contribution >= 0.6 is 11.8 Å². The molecule has 7 nitrogen and oxygen atoms in total. The van der Waals surface area contributed by atoms with Gasteiger partial charge >= 0.3 is 5.97 Å². The Kier molecular flexibility index (Phi) is 5.02. The Hall–Kier alpha value is -1.03. The van der Waals surface area contributed by atoms with Gasteiger partial charge in [-0.25, -0.2) is 17.9 Å². The highest BCUT2D eigenvalue weighted by Crippen LogP contribution is 2.13. The number of carbonyl (C=O) groups is 1. The van der Waals surface area contributed by atoms with E-state index in [1.807, 2.05) is 0 Å². The first-order valence-corrected chi connectivity index (χ1v) is 8.18. The highest BCUT2D eigenvalue weighted by molar-refractivity contribution is 7.98. The van der Waals surface area contributed by atoms with Gasteiger partial charge in [-0.1, -0.05) is 0 Å². The molecule has 0 bridgehead atoms. The topological polar surface area (TPSA) is 119 Å². The lowest BCUT2D eigenvalue weighted by Gasteiger charge is -2.22. The molecule has 19 heavy (non-hydrogen) atoms. The number of aliphatic hydroxyl groups is 1. The van der Waals surface area contributed by atoms with Crippen molar-refractivity contribution in [2.75, 3.05) is 18.6 Å². The number of hydrogen-bond acceptors (Lipinski definition) is 5. The number of nitrogens with one attached hydrogen (secondary N) is 2. The molecule has 0 saturated heterocycles. The summed E-state index contributed by atoms with van der Waals surface area (Å²) in [5.74, 6) is -0.862. The van der Waals surface area contributed by atoms with Crippen LogP contribution in [0.25, 0.3) is 0 Å². The molecule has 9 heteroatoms. The van der Waals surface area contributed by atoms with Gasteiger partial charge in [-0.2, -0.15) is 11.8 Å². The molecule has 1 aromatic rings. The Morgan fingerprint density at radius 2 is 2.21 bits per heavy atom. The van der Waals surface area contributed by atoms with Gasteiger partial charge in [0.1, 0.15) is 10.6 Å². The largest absolute Gasteiger partial charge is 0.477 e. The lowest BCUT2D eigenvalue weighted by molar-refractivity contribution is 0.0691. The van der Waals surface area contributed by atoms with Gasteiger partial charge in [-0.3, -0.25) is 0 Å². The van der Waals surface area contributed by atoms with Crippen LogP contribution in [0, 0.1) is 0 Å². The van der Waals surface area contributed by atoms with E-state index in [-0.39, 0.29) is 17.1 Å². The average Bonchev–Trinajstić information content (AvgIpc) is 2.77. The van der Waals surface area contributed by atoms with Crippen LogP contribution in [0.3, 0.4) is 0 Å². The Labute approximate surface area is 115 Å². The first-order valence-electron chi connectivity index (χ1n) is 5.31. The predicted molar refractivity (Wildman–Crippen MR) is 71.9 cm³/mol. The Morgan fingerprint density at radius 1 is 1.58 bits per heavy atom. The number of aromatic nitrogens is 1. The summed E-state index contributed by atoms with van der Waals surface area (Å²) >= 11 is 1.39. The molecule has 0 radical (unpaired) electrons. The second kappa shape index (κ2) is 5.95. The molecule has 0 aliphatic rings. The van der Waals surface area contributed by atoms with Crippen molar-refractivity contribution < 1.29 is 23.4 Å². The summed E-state index contributed by atoms with van der Waals surface area (Å²) in [4.78, 5) is 12.8. The van der Waals surface area contributed by atoms with Gasteiger partial charge in [0.2, 0.25) is 10.0 Å². The number of hydrogen-bond donors (Lipinski definition) is 4. The van der Waals surface area contributed by atoms with Crippen molar-refractivity contribution in [3.63, 3.8) is 0 Å². The van der Waals surface area contributed by atoms with Gasteiger partial charge in [0.05, 0.1) is 5.60 Å². The molecule has 0 spiro atoms. The second-order valence-corrected chi connectivity index (χ2v) is 6.94. The SMILES string of the molecule is CSCC(C)(O)CNS(=O)(=O)c1c[nH]c(C(=O)O)c1. The highest BCUT2D eigenvalue weighted by atomic mass is 32.2. The summed E-state index contributed by atoms with van der Waals surface area (Å²) < 4.78 is 26.0. The van der Waals surface area contributed by atoms with Gasteiger partial charge in [0, 0.05) is 18.5 Å². The molecular weight excluding hydrogens is 292 g/mol. The van der Waals surface area contributed by atoms with E-state index in [0.29, 0.717) is 5.75 Å². The minimum atomic E-state index is -3.84. The summed E-state index contributed by atoms with van der Waals surface area (Å²) in [6.45, 7) is 1.37. The molecule has 1 heterocycles. The van der Waals surface area contributed by atoms with Crippen molar-refractivity contribution in [2.45, 2.75) is 17.4 Å². The van der Waals surface area contributed by atoms with Crippen LogP contribution in [0.2, 0.25) is 0 Å². The number of H-pyrrole nitrogens is 1. The zero-order chi connectivity index (χ0) is 14.7. The quantitative estimate of drug-likeness (QED) is 0.567. The van der Waals surface area contributed by atoms with E-state index in [9.17, 15) is 18.3 Å². The lowest BCUT2D eigenvalue weighted by atomic mass is 10.1. The molecule has 0 aliphatic carbocycles. The van der Waals surface area contributed by atoms with E-state index in [2.05, 4.69) is 9.71 Å². The molecular formula is C10H16N2O5S2. The zero-order valence-electron chi connectivity index (χ0n) is 10.5. The second-order valence-electron chi connectivity index (χ2n) is 4.31. The maximum absolute atomic E-state index is 11.9. The number of carboxylic acid groups (broad SMARTS) is 1. The van der Waals surface area contributed by atoms with E-state index in [4.69, 9.17) is 5.11 Å². The minimum Gasteiger partial charge on any atom is -0.477 e. The van der Waals surface area contributed by atoms with Crippen molar-refractivity contribution in [3.8, 4) is 0 Å². The van der Waals surface area contributed by atoms with E-state index >= 15 is 0 Å². The van der Waals surface area contributed by atoms with Crippen molar-refractivity contribution in [1.29, 1.82) is 0 Å². The summed E-state index contributed by atoms with van der Waals surface area (Å²) in [6, 6.07) is 1.02. The Bertz CT molecular complexity index is 550. The minimum absolute atomic E-state index is 0.149. The van der Waals surface area contributed by atoms with E-state index < -0.39 is 21.6 Å². The molecule has 0 fully saturated rings. The predicted octanol–water partition coefficient (Wildman–Crippen LogP) is 0.105. The van der Waals surface area contributed by atoms with Crippen LogP contribution in [0.4, 0.5) is 0 Å². The fourth-order valence-corrected chi connectivity index (χ4v) is 3.23. The highest BCUT2D eigenvalue weighted by Gasteiger charge is 2.24. The number of sulfonamides is 1. The first kappa shape index (κ1) is 16.0. The maximum atomic E-state index is 11.9. The van der Waals surface area contributed by atoms with Gasteiger partial charge in [0.15, 0.2) is 0 Å². The van der Waals surface area contributed by atoms with Crippen LogP contribution in [0.5, 0.6) is 0 Å². The molecule has 1 aromatic heterocycles. The lowest BCUT2D eigenvalue weighted by Crippen LogP contribution is -2.42. The van der Waals surface area contributed by atoms with Crippen LogP contribution in [0.1, 0.15) is 17.4 Å². The zero-order valence-corrected chi connectivity index (χ0v) is 12.1. The van der Waals surface area contributed by atoms with Crippen LogP contribution in [-0.2, 0) is 10.0 Å². The van der Waals surface area contributed by atoms with Crippen LogP contribution in [-0.4, -0.2) is 53.7 Å². The maximum Gasteiger partial charge on any atom is 0.352 e.